The van der Waals surface area contributed by atoms with Crippen LogP contribution in [0.5, 0.6) is 0 Å². The molecule has 3 aromatic heterocycles. The maximum atomic E-state index is 6.07. The molecular weight excluding hydrogens is 926 g/mol. The van der Waals surface area contributed by atoms with Crippen LogP contribution in [0.2, 0.25) is 0 Å². The number of hydrogen-bond donors (Lipinski definition) is 0. The monoisotopic (exact) mass is 966 g/mol. The Labute approximate surface area is 346 Å². The molecule has 1 fully saturated rings. The van der Waals surface area contributed by atoms with Crippen molar-refractivity contribution in [1.82, 2.24) is 8.75 Å². The van der Waals surface area contributed by atoms with Crippen LogP contribution >= 0.6 is 41.7 Å². The predicted octanol–water partition coefficient (Wildman–Crippen LogP) is 11.9. The second kappa shape index (κ2) is 16.5. The molecule has 0 unspecified atom stereocenters. The van der Waals surface area contributed by atoms with Gasteiger partial charge in [0.2, 0.25) is 0 Å². The maximum absolute atomic E-state index is 6.07. The van der Waals surface area contributed by atoms with Gasteiger partial charge in [0.25, 0.3) is 0 Å². The van der Waals surface area contributed by atoms with Gasteiger partial charge in [0, 0.05) is 4.88 Å². The molecule has 1 aliphatic heterocycles. The quantitative estimate of drug-likeness (QED) is 0.135. The zero-order chi connectivity index (χ0) is 37.9. The summed E-state index contributed by atoms with van der Waals surface area (Å²) in [6.45, 7) is 9.86. The Bertz CT molecular complexity index is 2580. The summed E-state index contributed by atoms with van der Waals surface area (Å²) in [6, 6.07) is 42.3. The number of fused-ring (bicyclic) bond motifs is 1. The van der Waals surface area contributed by atoms with Gasteiger partial charge < -0.3 is 0 Å². The average molecular weight is 965 g/mol. The summed E-state index contributed by atoms with van der Waals surface area (Å²) in [5.74, 6) is 0. The normalized spacial score (nSPS) is 15.3. The van der Waals surface area contributed by atoms with E-state index in [0.29, 0.717) is 13.2 Å². The first kappa shape index (κ1) is 37.8. The Morgan fingerprint density at radius 3 is 1.75 bits per heavy atom. The molecule has 0 bridgehead atoms. The van der Waals surface area contributed by atoms with Crippen molar-refractivity contribution < 1.29 is 22.7 Å². The van der Waals surface area contributed by atoms with Gasteiger partial charge in [-0.3, -0.25) is 0 Å². The summed E-state index contributed by atoms with van der Waals surface area (Å²) in [6.07, 6.45) is 8.85. The molecule has 0 amide bonds. The number of benzene rings is 4. The number of nitrogens with zero attached hydrogens (tertiary/aromatic N) is 2. The van der Waals surface area contributed by atoms with E-state index >= 15 is 0 Å². The van der Waals surface area contributed by atoms with E-state index in [1.165, 1.54) is 91.4 Å². The van der Waals surface area contributed by atoms with Crippen LogP contribution in [0.3, 0.4) is 0 Å². The van der Waals surface area contributed by atoms with E-state index in [-0.39, 0.29) is 0 Å². The molecule has 0 spiro atoms. The second-order valence-corrected chi connectivity index (χ2v) is 20.0. The van der Waals surface area contributed by atoms with Crippen molar-refractivity contribution in [2.75, 3.05) is 13.2 Å². The van der Waals surface area contributed by atoms with Gasteiger partial charge in [-0.2, -0.15) is 0 Å². The first-order valence-corrected chi connectivity index (χ1v) is 23.6. The van der Waals surface area contributed by atoms with E-state index in [9.17, 15) is 0 Å². The first-order chi connectivity index (χ1) is 27.0. The molecule has 4 heterocycles. The van der Waals surface area contributed by atoms with Gasteiger partial charge in [0.15, 0.2) is 0 Å². The van der Waals surface area contributed by atoms with Crippen LogP contribution in [0, 0.1) is 18.2 Å². The van der Waals surface area contributed by atoms with Crippen molar-refractivity contribution in [1.29, 1.82) is 0 Å². The van der Waals surface area contributed by atoms with E-state index in [2.05, 4.69) is 172 Å². The van der Waals surface area contributed by atoms with Crippen LogP contribution in [-0.4, -0.2) is 22.0 Å². The first-order valence-electron chi connectivity index (χ1n) is 18.2. The van der Waals surface area contributed by atoms with Gasteiger partial charge in [0.1, 0.15) is 0 Å². The molecule has 0 radical (unpaired) electrons. The van der Waals surface area contributed by atoms with E-state index in [4.69, 9.17) is 13.5 Å². The van der Waals surface area contributed by atoms with Gasteiger partial charge in [-0.15, -0.1) is 0 Å². The van der Waals surface area contributed by atoms with Gasteiger partial charge in [-0.25, -0.2) is 0 Å². The van der Waals surface area contributed by atoms with Crippen molar-refractivity contribution >= 4 is 80.3 Å². The molecule has 1 aliphatic rings. The molecule has 8 heteroatoms. The van der Waals surface area contributed by atoms with Crippen molar-refractivity contribution in [3.8, 4) is 25.3 Å². The fourth-order valence-electron chi connectivity index (χ4n) is 7.57. The molecule has 0 saturated carbocycles. The Hall–Kier alpha value is -4.13. The molecule has 1 saturated heterocycles. The van der Waals surface area contributed by atoms with Crippen molar-refractivity contribution in [2.45, 2.75) is 27.7 Å². The van der Waals surface area contributed by atoms with E-state index in [0.717, 1.165) is 11.0 Å². The molecule has 7 aromatic rings. The van der Waals surface area contributed by atoms with E-state index in [1.807, 2.05) is 29.3 Å². The summed E-state index contributed by atoms with van der Waals surface area (Å²) >= 11 is 6.76. The van der Waals surface area contributed by atoms with Crippen molar-refractivity contribution in [3.63, 3.8) is 0 Å². The summed E-state index contributed by atoms with van der Waals surface area (Å²) in [5.41, 5.74) is 10.4. The van der Waals surface area contributed by atoms with Crippen molar-refractivity contribution in [3.05, 3.63) is 171 Å². The SMILES string of the molecule is CC=C1COCC1=CC(=C([C]#[Os])[P+](c1ccccc1)(c1ccccc1)c1ccccc1)c1ccc(-c2c(C)c(C)c(-c3ccc(/C=C/C)s3)c3nsnc23)s1. The minimum absolute atomic E-state index is 0.581. The van der Waals surface area contributed by atoms with Crippen LogP contribution in [0.1, 0.15) is 34.7 Å². The summed E-state index contributed by atoms with van der Waals surface area (Å²) in [7, 11) is -2.47. The third-order valence-corrected chi connectivity index (χ3v) is 18.4. The van der Waals surface area contributed by atoms with Crippen LogP contribution in [0.25, 0.3) is 43.6 Å². The van der Waals surface area contributed by atoms with E-state index < -0.39 is 7.26 Å². The standard InChI is InChI=1S/C47H39N2OPS3.Os/c1-6-17-39-24-25-42(52-39)44-31(3)32(4)45(47-46(44)48-54-49-47)43-27-26-41(53-43)40(28-35-30-50-29-34(35)7-2)33(5)51(36-18-11-8-12-19-36,37-20-13-9-14-21-37)38-22-15-10-16-23-38;/h6-28H,29-30H2,1-4H3;/q+1;/b17-6+,34-7?,35-28?,40-33?;. The summed E-state index contributed by atoms with van der Waals surface area (Å²) < 4.78 is 19.9. The van der Waals surface area contributed by atoms with Crippen LogP contribution in [0.15, 0.2) is 150 Å². The number of hydrogen-bond acceptors (Lipinski definition) is 6. The minimum atomic E-state index is -2.47. The number of allylic oxidation sites excluding steroid dienone is 5. The molecule has 8 rings (SSSR count). The molecule has 0 N–H and O–H groups in total. The Kier molecular flexibility index (Phi) is 11.4. The van der Waals surface area contributed by atoms with Crippen LogP contribution < -0.4 is 15.9 Å². The molecule has 273 valence electrons. The number of ether oxygens (including phenoxy) is 1. The number of rotatable bonds is 9. The fraction of sp³-hybridized carbons (Fsp3) is 0.128. The van der Waals surface area contributed by atoms with Gasteiger partial charge in [-0.05, 0) is 19.1 Å². The molecule has 0 atom stereocenters. The Morgan fingerprint density at radius 2 is 1.22 bits per heavy atom. The van der Waals surface area contributed by atoms with Gasteiger partial charge >= 0.3 is 319 Å². The molecule has 3 nitrogen and oxygen atoms in total. The number of thiophene rings is 2. The third-order valence-electron chi connectivity index (χ3n) is 10.3. The molecule has 4 aromatic carbocycles. The number of aromatic nitrogens is 2. The molecule has 55 heavy (non-hydrogen) atoms. The topological polar surface area (TPSA) is 35.0 Å². The zero-order valence-corrected chi connectivity index (χ0v) is 36.9. The third kappa shape index (κ3) is 6.88. The molecular formula is C47H39N2OOsPS3+. The average Bonchev–Trinajstić information content (AvgIpc) is 4.07. The van der Waals surface area contributed by atoms with E-state index in [1.54, 1.807) is 11.3 Å². The fourth-order valence-corrected chi connectivity index (χ4v) is 16.2. The van der Waals surface area contributed by atoms with Crippen LogP contribution in [0.4, 0.5) is 0 Å². The van der Waals surface area contributed by atoms with Crippen LogP contribution in [-0.2, 0) is 22.7 Å². The summed E-state index contributed by atoms with van der Waals surface area (Å²) in [5, 5.41) is 5.11. The van der Waals surface area contributed by atoms with Gasteiger partial charge in [0.05, 0.1) is 0 Å². The zero-order valence-electron chi connectivity index (χ0n) is 31.0. The summed E-state index contributed by atoms with van der Waals surface area (Å²) in [4.78, 5) is 4.84. The Morgan fingerprint density at radius 1 is 0.691 bits per heavy atom. The second-order valence-electron chi connectivity index (χ2n) is 13.3. The molecule has 0 aliphatic carbocycles. The van der Waals surface area contributed by atoms with Gasteiger partial charge in [-0.1, -0.05) is 6.08 Å². The van der Waals surface area contributed by atoms with Crippen molar-refractivity contribution in [2.24, 2.45) is 0 Å². The Balaban J connectivity index is 1.42. The predicted molar refractivity (Wildman–Crippen MR) is 237 cm³/mol.